The molecule has 0 spiro atoms. The molecule has 1 saturated heterocycles. The number of Topliss-reactive ketones (excluding diaryl/α,β-unsaturated/α-hetero) is 1. The molecule has 0 amide bonds. The molecule has 0 aliphatic carbocycles. The summed E-state index contributed by atoms with van der Waals surface area (Å²) in [6, 6.07) is 17.1. The molecule has 0 atom stereocenters. The third kappa shape index (κ3) is 7.15. The van der Waals surface area contributed by atoms with Crippen molar-refractivity contribution in [1.82, 2.24) is 4.90 Å². The van der Waals surface area contributed by atoms with E-state index in [2.05, 4.69) is 58.7 Å². The van der Waals surface area contributed by atoms with E-state index in [1.807, 2.05) is 0 Å². The fourth-order valence-electron chi connectivity index (χ4n) is 4.33. The summed E-state index contributed by atoms with van der Waals surface area (Å²) < 4.78 is 0. The van der Waals surface area contributed by atoms with Crippen LogP contribution in [-0.2, 0) is 19.4 Å². The van der Waals surface area contributed by atoms with Crippen molar-refractivity contribution < 1.29 is 48.9 Å². The number of piperidine rings is 1. The van der Waals surface area contributed by atoms with Gasteiger partial charge in [0.1, 0.15) is 0 Å². The van der Waals surface area contributed by atoms with E-state index in [4.69, 9.17) is 0 Å². The van der Waals surface area contributed by atoms with E-state index in [0.29, 0.717) is 18.1 Å². The maximum atomic E-state index is 12.7. The van der Waals surface area contributed by atoms with Gasteiger partial charge in [-0.05, 0) is 41.5 Å². The maximum Gasteiger partial charge on any atom is 0.163 e. The van der Waals surface area contributed by atoms with Gasteiger partial charge in [0.25, 0.3) is 0 Å². The first kappa shape index (κ1) is 25.0. The number of benzene rings is 2. The zero-order chi connectivity index (χ0) is 18.5. The monoisotopic (exact) mass is 624 g/mol. The Morgan fingerprint density at radius 2 is 1.66 bits per heavy atom. The van der Waals surface area contributed by atoms with Gasteiger partial charge in [0.15, 0.2) is 5.78 Å². The summed E-state index contributed by atoms with van der Waals surface area (Å²) in [5, 5.41) is 4.40. The molecule has 4 rings (SSSR count). The van der Waals surface area contributed by atoms with Gasteiger partial charge in [-0.25, -0.2) is 0 Å². The number of carbonyl (C=O) groups excluding carboxylic acids is 1. The molecule has 2 aliphatic rings. The first-order valence-corrected chi connectivity index (χ1v) is 10.3. The van der Waals surface area contributed by atoms with Crippen LogP contribution in [-0.4, -0.2) is 36.9 Å². The second kappa shape index (κ2) is 12.6. The number of ketones is 1. The maximum absolute atomic E-state index is 12.7. The van der Waals surface area contributed by atoms with Crippen LogP contribution >= 0.6 is 12.4 Å². The van der Waals surface area contributed by atoms with Crippen molar-refractivity contribution >= 4 is 18.2 Å². The van der Waals surface area contributed by atoms with Crippen molar-refractivity contribution in [3.63, 3.8) is 0 Å². The third-order valence-corrected chi connectivity index (χ3v) is 6.04. The Balaban J connectivity index is 0.00000150. The van der Waals surface area contributed by atoms with Crippen molar-refractivity contribution in [2.75, 3.05) is 26.2 Å². The summed E-state index contributed by atoms with van der Waals surface area (Å²) in [4.78, 5) is 15.3. The number of nitrogens with zero attached hydrogens (tertiary/aromatic N) is 2. The van der Waals surface area contributed by atoms with Crippen LogP contribution in [0.3, 0.4) is 0 Å². The van der Waals surface area contributed by atoms with E-state index in [1.54, 1.807) is 0 Å². The standard InChI is InChI=1S/C24H29N2O.Ac.ClH/c27-24(16-19-8-12-25-13-9-19)23-7-6-21-10-14-26(15-11-22(21)17-23)18-20-4-2-1-3-5-20;;/h1-7,17,19H,8-16,18H2;;1H/q-1;;. The van der Waals surface area contributed by atoms with Crippen LogP contribution in [0.2, 0.25) is 0 Å². The predicted molar refractivity (Wildman–Crippen MR) is 118 cm³/mol. The van der Waals surface area contributed by atoms with Crippen molar-refractivity contribution in [2.45, 2.75) is 38.6 Å². The molecule has 5 heteroatoms. The van der Waals surface area contributed by atoms with Gasteiger partial charge in [-0.1, -0.05) is 55.3 Å². The molecule has 153 valence electrons. The number of carbonyl (C=O) groups is 1. The number of halogens is 1. The summed E-state index contributed by atoms with van der Waals surface area (Å²) in [6.45, 7) is 5.01. The first-order chi connectivity index (χ1) is 13.3. The van der Waals surface area contributed by atoms with Gasteiger partial charge in [-0.2, -0.15) is 0 Å². The molecule has 29 heavy (non-hydrogen) atoms. The summed E-state index contributed by atoms with van der Waals surface area (Å²) in [7, 11) is 0. The van der Waals surface area contributed by atoms with Crippen LogP contribution in [0.1, 0.15) is 46.3 Å². The molecular formula is C24H30AcClN2O-. The molecule has 2 heterocycles. The molecule has 0 unspecified atom stereocenters. The molecule has 2 aliphatic heterocycles. The van der Waals surface area contributed by atoms with Gasteiger partial charge in [0, 0.05) is 75.7 Å². The Hall–Kier alpha value is -0.238. The van der Waals surface area contributed by atoms with Gasteiger partial charge in [0.2, 0.25) is 0 Å². The summed E-state index contributed by atoms with van der Waals surface area (Å²) in [5.41, 5.74) is 5.07. The second-order valence-corrected chi connectivity index (χ2v) is 7.99. The summed E-state index contributed by atoms with van der Waals surface area (Å²) in [5.74, 6) is 0.838. The Labute approximate surface area is 217 Å². The van der Waals surface area contributed by atoms with E-state index in [-0.39, 0.29) is 56.5 Å². The molecule has 1 fully saturated rings. The van der Waals surface area contributed by atoms with Crippen molar-refractivity contribution in [2.24, 2.45) is 5.92 Å². The fourth-order valence-corrected chi connectivity index (χ4v) is 4.33. The average molecular weight is 625 g/mol. The van der Waals surface area contributed by atoms with Crippen LogP contribution in [0, 0.1) is 50.0 Å². The number of hydrogen-bond acceptors (Lipinski definition) is 2. The Morgan fingerprint density at radius 3 is 2.38 bits per heavy atom. The largest absolute Gasteiger partial charge is 0.662 e. The predicted octanol–water partition coefficient (Wildman–Crippen LogP) is 5.07. The molecule has 0 N–H and O–H groups in total. The number of fused-ring (bicyclic) bond motifs is 1. The number of hydrogen-bond donors (Lipinski definition) is 0. The van der Waals surface area contributed by atoms with Gasteiger partial charge in [-0.15, -0.1) is 25.5 Å². The molecule has 0 bridgehead atoms. The molecule has 3 nitrogen and oxygen atoms in total. The fraction of sp³-hybridized carbons (Fsp3) is 0.458. The minimum atomic E-state index is 0. The Morgan fingerprint density at radius 1 is 0.966 bits per heavy atom. The molecule has 0 aromatic heterocycles. The van der Waals surface area contributed by atoms with E-state index < -0.39 is 0 Å². The van der Waals surface area contributed by atoms with Gasteiger partial charge in [0.05, 0.1) is 0 Å². The molecule has 1 radical (unpaired) electrons. The van der Waals surface area contributed by atoms with Crippen LogP contribution in [0.5, 0.6) is 0 Å². The SMILES string of the molecule is Cl.O=C(CC1CC[N-]CC1)c1ccc2c(c1)CCN(Cc1ccccc1)CC2.[Ac]. The Bertz CT molecular complexity index is 778. The van der Waals surface area contributed by atoms with Crippen molar-refractivity contribution in [1.29, 1.82) is 0 Å². The average Bonchev–Trinajstić information content (AvgIpc) is 2.91. The van der Waals surface area contributed by atoms with Crippen LogP contribution in [0.15, 0.2) is 48.5 Å². The van der Waals surface area contributed by atoms with E-state index >= 15 is 0 Å². The van der Waals surface area contributed by atoms with E-state index in [0.717, 1.165) is 64.0 Å². The summed E-state index contributed by atoms with van der Waals surface area (Å²) in [6.07, 6.45) is 4.94. The molecule has 2 aromatic rings. The number of rotatable bonds is 5. The minimum Gasteiger partial charge on any atom is -0.662 e. The first-order valence-electron chi connectivity index (χ1n) is 10.3. The van der Waals surface area contributed by atoms with Gasteiger partial charge < -0.3 is 5.32 Å². The minimum absolute atomic E-state index is 0. The van der Waals surface area contributed by atoms with Gasteiger partial charge >= 0.3 is 0 Å². The Kier molecular flexibility index (Phi) is 10.9. The second-order valence-electron chi connectivity index (χ2n) is 7.99. The van der Waals surface area contributed by atoms with E-state index in [9.17, 15) is 4.79 Å². The van der Waals surface area contributed by atoms with Crippen molar-refractivity contribution in [3.8, 4) is 0 Å². The molecular weight excluding hydrogens is 595 g/mol. The van der Waals surface area contributed by atoms with Gasteiger partial charge in [-0.3, -0.25) is 9.69 Å². The molecule has 2 aromatic carbocycles. The van der Waals surface area contributed by atoms with Crippen molar-refractivity contribution in [3.05, 3.63) is 76.1 Å². The normalized spacial score (nSPS) is 17.4. The van der Waals surface area contributed by atoms with Crippen LogP contribution in [0.4, 0.5) is 0 Å². The summed E-state index contributed by atoms with van der Waals surface area (Å²) >= 11 is 0. The molecule has 0 saturated carbocycles. The van der Waals surface area contributed by atoms with Crippen LogP contribution < -0.4 is 0 Å². The third-order valence-electron chi connectivity index (χ3n) is 6.04. The zero-order valence-corrected chi connectivity index (χ0v) is 22.6. The zero-order valence-electron chi connectivity index (χ0n) is 17.1. The topological polar surface area (TPSA) is 34.4 Å². The quantitative estimate of drug-likeness (QED) is 0.436. The van der Waals surface area contributed by atoms with E-state index in [1.165, 1.54) is 16.7 Å². The smallest absolute Gasteiger partial charge is 0.163 e. The van der Waals surface area contributed by atoms with Crippen LogP contribution in [0.25, 0.3) is 5.32 Å².